The third-order valence-corrected chi connectivity index (χ3v) is 6.80. The first kappa shape index (κ1) is 19.7. The highest BCUT2D eigenvalue weighted by Gasteiger charge is 2.20. The van der Waals surface area contributed by atoms with Crippen molar-refractivity contribution in [2.75, 3.05) is 51.2 Å². The lowest BCUT2D eigenvalue weighted by Gasteiger charge is -2.37. The summed E-state index contributed by atoms with van der Waals surface area (Å²) in [6.07, 6.45) is 3.30. The third-order valence-electron chi connectivity index (χ3n) is 4.42. The van der Waals surface area contributed by atoms with Crippen LogP contribution in [0.1, 0.15) is 0 Å². The molecule has 0 saturated carbocycles. The van der Waals surface area contributed by atoms with Crippen LogP contribution in [0.15, 0.2) is 45.9 Å². The van der Waals surface area contributed by atoms with E-state index in [2.05, 4.69) is 42.3 Å². The highest BCUT2D eigenvalue weighted by atomic mass is 32.2. The van der Waals surface area contributed by atoms with Gasteiger partial charge in [-0.05, 0) is 23.6 Å². The Morgan fingerprint density at radius 3 is 2.59 bits per heavy atom. The fourth-order valence-electron chi connectivity index (χ4n) is 3.00. The van der Waals surface area contributed by atoms with E-state index >= 15 is 0 Å². The predicted octanol–water partition coefficient (Wildman–Crippen LogP) is 0.762. The van der Waals surface area contributed by atoms with E-state index in [0.29, 0.717) is 13.1 Å². The van der Waals surface area contributed by atoms with Crippen molar-refractivity contribution in [3.8, 4) is 0 Å². The molecule has 148 valence electrons. The standard InChI is InChI=1S/C17H26N6O2S2/c1-18-17(23-11-9-22(10-12-23)16-4-3-13-26-16)19-6-7-20-27(24,25)15-5-8-21(2)14-15/h3-5,8,13-14,20H,6-7,9-12H2,1-2H3,(H,18,19). The maximum absolute atomic E-state index is 12.2. The summed E-state index contributed by atoms with van der Waals surface area (Å²) in [7, 11) is 0.0753. The van der Waals surface area contributed by atoms with Crippen molar-refractivity contribution in [1.29, 1.82) is 0 Å². The summed E-state index contributed by atoms with van der Waals surface area (Å²) in [6, 6.07) is 5.80. The fraction of sp³-hybridized carbons (Fsp3) is 0.471. The summed E-state index contributed by atoms with van der Waals surface area (Å²) < 4.78 is 28.8. The molecule has 10 heteroatoms. The van der Waals surface area contributed by atoms with Gasteiger partial charge in [0.15, 0.2) is 5.96 Å². The number of piperazine rings is 1. The molecule has 0 bridgehead atoms. The Bertz CT molecular complexity index is 852. The van der Waals surface area contributed by atoms with Crippen LogP contribution in [0.3, 0.4) is 0 Å². The molecule has 0 aliphatic carbocycles. The first-order chi connectivity index (χ1) is 13.0. The number of aryl methyl sites for hydroxylation is 1. The van der Waals surface area contributed by atoms with Gasteiger partial charge in [0.25, 0.3) is 0 Å². The summed E-state index contributed by atoms with van der Waals surface area (Å²) in [6.45, 7) is 4.43. The van der Waals surface area contributed by atoms with Crippen LogP contribution in [0.5, 0.6) is 0 Å². The van der Waals surface area contributed by atoms with Gasteiger partial charge in [-0.1, -0.05) is 0 Å². The highest BCUT2D eigenvalue weighted by molar-refractivity contribution is 7.89. The number of aliphatic imine (C=N–C) groups is 1. The second kappa shape index (κ2) is 8.77. The monoisotopic (exact) mass is 410 g/mol. The van der Waals surface area contributed by atoms with Crippen molar-refractivity contribution in [2.45, 2.75) is 4.90 Å². The van der Waals surface area contributed by atoms with Gasteiger partial charge < -0.3 is 19.7 Å². The lowest BCUT2D eigenvalue weighted by atomic mass is 10.3. The quantitative estimate of drug-likeness (QED) is 0.418. The van der Waals surface area contributed by atoms with E-state index in [1.165, 1.54) is 5.00 Å². The SMILES string of the molecule is CN=C(NCCNS(=O)(=O)c1ccn(C)c1)N1CCN(c2cccs2)CC1. The summed E-state index contributed by atoms with van der Waals surface area (Å²) in [5, 5.41) is 6.64. The van der Waals surface area contributed by atoms with E-state index in [1.54, 1.807) is 48.5 Å². The van der Waals surface area contributed by atoms with E-state index in [0.717, 1.165) is 32.1 Å². The Labute approximate surface area is 164 Å². The number of sulfonamides is 1. The second-order valence-electron chi connectivity index (χ2n) is 6.31. The number of nitrogens with zero attached hydrogens (tertiary/aromatic N) is 4. The number of hydrogen-bond donors (Lipinski definition) is 2. The van der Waals surface area contributed by atoms with Crippen molar-refractivity contribution in [2.24, 2.45) is 12.0 Å². The summed E-state index contributed by atoms with van der Waals surface area (Å²) in [5.41, 5.74) is 0. The normalized spacial score (nSPS) is 16.0. The molecule has 0 spiro atoms. The molecule has 27 heavy (non-hydrogen) atoms. The first-order valence-electron chi connectivity index (χ1n) is 8.85. The molecule has 2 aromatic rings. The smallest absolute Gasteiger partial charge is 0.242 e. The first-order valence-corrected chi connectivity index (χ1v) is 11.2. The van der Waals surface area contributed by atoms with E-state index < -0.39 is 10.0 Å². The average Bonchev–Trinajstić information content (AvgIpc) is 3.34. The molecule has 2 aromatic heterocycles. The number of guanidine groups is 1. The molecule has 0 amide bonds. The summed E-state index contributed by atoms with van der Waals surface area (Å²) >= 11 is 1.76. The van der Waals surface area contributed by atoms with Gasteiger partial charge in [-0.2, -0.15) is 0 Å². The highest BCUT2D eigenvalue weighted by Crippen LogP contribution is 2.22. The van der Waals surface area contributed by atoms with Crippen LogP contribution in [0.4, 0.5) is 5.00 Å². The maximum Gasteiger partial charge on any atom is 0.242 e. The molecule has 8 nitrogen and oxygen atoms in total. The fourth-order valence-corrected chi connectivity index (χ4v) is 4.87. The second-order valence-corrected chi connectivity index (χ2v) is 9.00. The minimum Gasteiger partial charge on any atom is -0.360 e. The molecule has 1 aliphatic rings. The van der Waals surface area contributed by atoms with Gasteiger partial charge in [0, 0.05) is 65.8 Å². The number of thiophene rings is 1. The Balaban J connectivity index is 1.43. The molecule has 0 atom stereocenters. The number of aromatic nitrogens is 1. The minimum absolute atomic E-state index is 0.277. The van der Waals surface area contributed by atoms with Crippen LogP contribution in [0.2, 0.25) is 0 Å². The largest absolute Gasteiger partial charge is 0.360 e. The van der Waals surface area contributed by atoms with E-state index in [4.69, 9.17) is 0 Å². The molecule has 3 rings (SSSR count). The lowest BCUT2D eigenvalue weighted by molar-refractivity contribution is 0.374. The lowest BCUT2D eigenvalue weighted by Crippen LogP contribution is -2.53. The van der Waals surface area contributed by atoms with Crippen molar-refractivity contribution >= 4 is 32.3 Å². The van der Waals surface area contributed by atoms with Crippen molar-refractivity contribution in [3.63, 3.8) is 0 Å². The molecule has 0 aromatic carbocycles. The molecular formula is C17H26N6O2S2. The Morgan fingerprint density at radius 1 is 1.22 bits per heavy atom. The molecule has 2 N–H and O–H groups in total. The predicted molar refractivity (Wildman–Crippen MR) is 110 cm³/mol. The number of hydrogen-bond acceptors (Lipinski definition) is 5. The average molecular weight is 411 g/mol. The third kappa shape index (κ3) is 5.02. The van der Waals surface area contributed by atoms with Gasteiger partial charge in [0.05, 0.1) is 9.90 Å². The van der Waals surface area contributed by atoms with E-state index in [-0.39, 0.29) is 4.90 Å². The molecule has 0 unspecified atom stereocenters. The van der Waals surface area contributed by atoms with Crippen LogP contribution < -0.4 is 14.9 Å². The zero-order valence-corrected chi connectivity index (χ0v) is 17.3. The maximum atomic E-state index is 12.2. The minimum atomic E-state index is -3.47. The summed E-state index contributed by atoms with van der Waals surface area (Å²) in [4.78, 5) is 9.19. The van der Waals surface area contributed by atoms with Crippen molar-refractivity contribution < 1.29 is 8.42 Å². The van der Waals surface area contributed by atoms with Gasteiger partial charge >= 0.3 is 0 Å². The molecule has 0 radical (unpaired) electrons. The van der Waals surface area contributed by atoms with Gasteiger partial charge in [0.2, 0.25) is 10.0 Å². The molecule has 1 fully saturated rings. The van der Waals surface area contributed by atoms with Gasteiger partial charge in [-0.15, -0.1) is 11.3 Å². The van der Waals surface area contributed by atoms with Crippen molar-refractivity contribution in [3.05, 3.63) is 36.0 Å². The van der Waals surface area contributed by atoms with Crippen LogP contribution in [-0.2, 0) is 17.1 Å². The van der Waals surface area contributed by atoms with Gasteiger partial charge in [-0.3, -0.25) is 4.99 Å². The Kier molecular flexibility index (Phi) is 6.40. The molecule has 1 aliphatic heterocycles. The van der Waals surface area contributed by atoms with Crippen LogP contribution >= 0.6 is 11.3 Å². The van der Waals surface area contributed by atoms with E-state index in [9.17, 15) is 8.42 Å². The zero-order chi connectivity index (χ0) is 19.3. The van der Waals surface area contributed by atoms with Crippen LogP contribution in [0, 0.1) is 0 Å². The number of nitrogens with one attached hydrogen (secondary N) is 2. The molecule has 1 saturated heterocycles. The summed E-state index contributed by atoms with van der Waals surface area (Å²) in [5.74, 6) is 0.805. The Hall–Kier alpha value is -2.04. The van der Waals surface area contributed by atoms with Crippen LogP contribution in [0.25, 0.3) is 0 Å². The van der Waals surface area contributed by atoms with E-state index in [1.807, 2.05) is 0 Å². The molecule has 3 heterocycles. The van der Waals surface area contributed by atoms with Gasteiger partial charge in [0.1, 0.15) is 0 Å². The Morgan fingerprint density at radius 2 is 2.00 bits per heavy atom. The van der Waals surface area contributed by atoms with Gasteiger partial charge in [-0.25, -0.2) is 13.1 Å². The van der Waals surface area contributed by atoms with Crippen LogP contribution in [-0.4, -0.2) is 70.2 Å². The number of rotatable bonds is 6. The zero-order valence-electron chi connectivity index (χ0n) is 15.6. The molecular weight excluding hydrogens is 384 g/mol. The van der Waals surface area contributed by atoms with Crippen molar-refractivity contribution in [1.82, 2.24) is 19.5 Å². The number of anilines is 1. The topological polar surface area (TPSA) is 82.0 Å².